The molecule has 1 aliphatic heterocycles. The molecule has 2 heterocycles. The number of carbonyl (C=O) groups excluding carboxylic acids is 1. The number of urea groups is 1. The van der Waals surface area contributed by atoms with Crippen molar-refractivity contribution in [2.24, 2.45) is 0 Å². The number of ether oxygens (including phenoxy) is 1. The quantitative estimate of drug-likeness (QED) is 0.752. The minimum Gasteiger partial charge on any atom is -0.378 e. The van der Waals surface area contributed by atoms with Crippen molar-refractivity contribution < 1.29 is 22.7 Å². The minimum absolute atomic E-state index is 0.0933. The molecule has 2 aromatic rings. The topological polar surface area (TPSA) is 71.4 Å². The van der Waals surface area contributed by atoms with E-state index in [9.17, 15) is 18.0 Å². The van der Waals surface area contributed by atoms with E-state index in [0.717, 1.165) is 17.8 Å². The van der Waals surface area contributed by atoms with Gasteiger partial charge in [-0.3, -0.25) is 4.68 Å². The Morgan fingerprint density at radius 3 is 2.40 bits per heavy atom. The number of hydrogen-bond acceptors (Lipinski definition) is 4. The van der Waals surface area contributed by atoms with Gasteiger partial charge in [0.2, 0.25) is 0 Å². The van der Waals surface area contributed by atoms with Gasteiger partial charge in [-0.25, -0.2) is 4.79 Å². The largest absolute Gasteiger partial charge is 0.416 e. The molecule has 0 unspecified atom stereocenters. The summed E-state index contributed by atoms with van der Waals surface area (Å²) in [7, 11) is 0. The first-order valence-electron chi connectivity index (χ1n) is 9.75. The molecule has 30 heavy (non-hydrogen) atoms. The number of rotatable bonds is 4. The number of amides is 2. The molecule has 7 nitrogen and oxygen atoms in total. The number of nitrogens with zero attached hydrogens (tertiary/aromatic N) is 3. The summed E-state index contributed by atoms with van der Waals surface area (Å²) in [4.78, 5) is 14.6. The van der Waals surface area contributed by atoms with Crippen LogP contribution in [0.4, 0.5) is 35.0 Å². The molecule has 2 N–H and O–H groups in total. The third-order valence-corrected chi connectivity index (χ3v) is 4.98. The van der Waals surface area contributed by atoms with E-state index in [4.69, 9.17) is 4.74 Å². The molecule has 1 fully saturated rings. The van der Waals surface area contributed by atoms with Crippen LogP contribution in [-0.2, 0) is 10.9 Å². The SMILES string of the molecule is Cc1nn(C(C)C)c(C)c1NC(=O)Nc1cc(C(F)(F)F)ccc1N1CCOCC1. The Morgan fingerprint density at radius 1 is 1.17 bits per heavy atom. The molecule has 1 aromatic carbocycles. The van der Waals surface area contributed by atoms with Crippen molar-refractivity contribution in [2.45, 2.75) is 39.9 Å². The van der Waals surface area contributed by atoms with Crippen LogP contribution in [0, 0.1) is 13.8 Å². The average molecular weight is 425 g/mol. The predicted molar refractivity (Wildman–Crippen MR) is 109 cm³/mol. The van der Waals surface area contributed by atoms with E-state index >= 15 is 0 Å². The van der Waals surface area contributed by atoms with Crippen LogP contribution in [0.2, 0.25) is 0 Å². The summed E-state index contributed by atoms with van der Waals surface area (Å²) in [5.41, 5.74) is 1.74. The van der Waals surface area contributed by atoms with Gasteiger partial charge in [-0.05, 0) is 45.9 Å². The number of alkyl halides is 3. The number of benzene rings is 1. The molecule has 0 bridgehead atoms. The molecule has 1 aromatic heterocycles. The highest BCUT2D eigenvalue weighted by Crippen LogP contribution is 2.36. The van der Waals surface area contributed by atoms with Gasteiger partial charge in [0.1, 0.15) is 0 Å². The monoisotopic (exact) mass is 425 g/mol. The molecular weight excluding hydrogens is 399 g/mol. The molecule has 1 aliphatic rings. The summed E-state index contributed by atoms with van der Waals surface area (Å²) < 4.78 is 46.8. The van der Waals surface area contributed by atoms with E-state index in [-0.39, 0.29) is 11.7 Å². The Balaban J connectivity index is 1.87. The van der Waals surface area contributed by atoms with Crippen molar-refractivity contribution in [3.63, 3.8) is 0 Å². The van der Waals surface area contributed by atoms with E-state index in [1.165, 1.54) is 6.07 Å². The van der Waals surface area contributed by atoms with Crippen molar-refractivity contribution >= 4 is 23.1 Å². The number of carbonyl (C=O) groups is 1. The first-order chi connectivity index (χ1) is 14.1. The van der Waals surface area contributed by atoms with Crippen LogP contribution in [0.1, 0.15) is 36.8 Å². The molecule has 3 rings (SSSR count). The molecule has 0 saturated carbocycles. The van der Waals surface area contributed by atoms with Crippen molar-refractivity contribution in [2.75, 3.05) is 41.8 Å². The second-order valence-electron chi connectivity index (χ2n) is 7.49. The van der Waals surface area contributed by atoms with Gasteiger partial charge in [0.25, 0.3) is 0 Å². The predicted octanol–water partition coefficient (Wildman–Crippen LogP) is 4.58. The van der Waals surface area contributed by atoms with Crippen LogP contribution in [0.5, 0.6) is 0 Å². The Labute approximate surface area is 173 Å². The number of hydrogen-bond donors (Lipinski definition) is 2. The standard InChI is InChI=1S/C20H26F3N5O2/c1-12(2)28-14(4)18(13(3)26-28)25-19(29)24-16-11-15(20(21,22)23)5-6-17(16)27-7-9-30-10-8-27/h5-6,11-12H,7-10H2,1-4H3,(H2,24,25,29). The molecule has 2 amide bonds. The molecular formula is C20H26F3N5O2. The Morgan fingerprint density at radius 2 is 1.83 bits per heavy atom. The van der Waals surface area contributed by atoms with E-state index in [1.807, 2.05) is 25.7 Å². The van der Waals surface area contributed by atoms with Crippen molar-refractivity contribution in [1.29, 1.82) is 0 Å². The zero-order valence-corrected chi connectivity index (χ0v) is 17.4. The summed E-state index contributed by atoms with van der Waals surface area (Å²) in [5, 5.41) is 9.74. The van der Waals surface area contributed by atoms with E-state index in [2.05, 4.69) is 15.7 Å². The third-order valence-electron chi connectivity index (χ3n) is 4.98. The first kappa shape index (κ1) is 21.9. The summed E-state index contributed by atoms with van der Waals surface area (Å²) in [6.45, 7) is 9.55. The zero-order valence-electron chi connectivity index (χ0n) is 17.4. The number of aryl methyl sites for hydroxylation is 1. The van der Waals surface area contributed by atoms with Gasteiger partial charge in [-0.1, -0.05) is 0 Å². The van der Waals surface area contributed by atoms with E-state index < -0.39 is 17.8 Å². The highest BCUT2D eigenvalue weighted by Gasteiger charge is 2.32. The lowest BCUT2D eigenvalue weighted by molar-refractivity contribution is -0.137. The second-order valence-corrected chi connectivity index (χ2v) is 7.49. The highest BCUT2D eigenvalue weighted by atomic mass is 19.4. The molecule has 0 aliphatic carbocycles. The van der Waals surface area contributed by atoms with E-state index in [1.54, 1.807) is 11.6 Å². The van der Waals surface area contributed by atoms with E-state index in [0.29, 0.717) is 43.4 Å². The fourth-order valence-corrected chi connectivity index (χ4v) is 3.51. The van der Waals surface area contributed by atoms with Crippen LogP contribution in [0.15, 0.2) is 18.2 Å². The first-order valence-corrected chi connectivity index (χ1v) is 9.75. The Bertz CT molecular complexity index is 918. The summed E-state index contributed by atoms with van der Waals surface area (Å²) in [6.07, 6.45) is -4.51. The summed E-state index contributed by atoms with van der Waals surface area (Å²) in [6, 6.07) is 2.85. The fraction of sp³-hybridized carbons (Fsp3) is 0.500. The average Bonchev–Trinajstić information content (AvgIpc) is 2.96. The smallest absolute Gasteiger partial charge is 0.378 e. The maximum Gasteiger partial charge on any atom is 0.416 e. The van der Waals surface area contributed by atoms with Gasteiger partial charge >= 0.3 is 12.2 Å². The lowest BCUT2D eigenvalue weighted by atomic mass is 10.1. The Kier molecular flexibility index (Phi) is 6.25. The van der Waals surface area contributed by atoms with Gasteiger partial charge < -0.3 is 20.3 Å². The van der Waals surface area contributed by atoms with Crippen molar-refractivity contribution in [3.05, 3.63) is 35.2 Å². The Hall–Kier alpha value is -2.75. The van der Waals surface area contributed by atoms with Crippen LogP contribution in [0.25, 0.3) is 0 Å². The third kappa shape index (κ3) is 4.69. The van der Waals surface area contributed by atoms with Crippen LogP contribution >= 0.6 is 0 Å². The number of halogens is 3. The lowest BCUT2D eigenvalue weighted by Crippen LogP contribution is -2.37. The second kappa shape index (κ2) is 8.55. The lowest BCUT2D eigenvalue weighted by Gasteiger charge is -2.31. The van der Waals surface area contributed by atoms with Crippen LogP contribution in [0.3, 0.4) is 0 Å². The van der Waals surface area contributed by atoms with Crippen LogP contribution in [-0.4, -0.2) is 42.1 Å². The van der Waals surface area contributed by atoms with Crippen LogP contribution < -0.4 is 15.5 Å². The maximum absolute atomic E-state index is 13.2. The number of anilines is 3. The molecule has 0 radical (unpaired) electrons. The number of aromatic nitrogens is 2. The van der Waals surface area contributed by atoms with Gasteiger partial charge in [-0.2, -0.15) is 18.3 Å². The van der Waals surface area contributed by atoms with Crippen molar-refractivity contribution in [1.82, 2.24) is 9.78 Å². The van der Waals surface area contributed by atoms with Gasteiger partial charge in [0.15, 0.2) is 0 Å². The number of nitrogens with one attached hydrogen (secondary N) is 2. The summed E-state index contributed by atoms with van der Waals surface area (Å²) >= 11 is 0. The molecule has 164 valence electrons. The molecule has 0 spiro atoms. The fourth-order valence-electron chi connectivity index (χ4n) is 3.51. The van der Waals surface area contributed by atoms with Crippen molar-refractivity contribution in [3.8, 4) is 0 Å². The minimum atomic E-state index is -4.51. The zero-order chi connectivity index (χ0) is 22.1. The molecule has 10 heteroatoms. The van der Waals surface area contributed by atoms with Gasteiger partial charge in [-0.15, -0.1) is 0 Å². The molecule has 1 saturated heterocycles. The highest BCUT2D eigenvalue weighted by molar-refractivity contribution is 6.02. The van der Waals surface area contributed by atoms with Gasteiger partial charge in [0.05, 0.1) is 47.2 Å². The van der Waals surface area contributed by atoms with Gasteiger partial charge in [0, 0.05) is 19.1 Å². The molecule has 0 atom stereocenters. The normalized spacial score (nSPS) is 14.9. The number of morpholine rings is 1. The maximum atomic E-state index is 13.2. The summed E-state index contributed by atoms with van der Waals surface area (Å²) in [5.74, 6) is 0.